The maximum atomic E-state index is 3.94. The minimum atomic E-state index is 0.847. The van der Waals surface area contributed by atoms with E-state index in [1.165, 1.54) is 16.7 Å². The highest BCUT2D eigenvalue weighted by atomic mass is 32.2. The molecular weight excluding hydrogens is 220 g/mol. The topological polar surface area (TPSA) is 43.6 Å². The van der Waals surface area contributed by atoms with E-state index >= 15 is 0 Å². The smallest absolute Gasteiger partial charge is 0.209 e. The molecule has 1 heterocycles. The molecule has 0 aliphatic carbocycles. The maximum absolute atomic E-state index is 3.94. The number of benzene rings is 1. The molecule has 4 nitrogen and oxygen atoms in total. The van der Waals surface area contributed by atoms with E-state index in [0.29, 0.717) is 0 Å². The first-order valence-electron chi connectivity index (χ1n) is 5.08. The first-order chi connectivity index (χ1) is 7.66. The van der Waals surface area contributed by atoms with Gasteiger partial charge < -0.3 is 0 Å². The van der Waals surface area contributed by atoms with Gasteiger partial charge >= 0.3 is 0 Å². The number of tetrazole rings is 1. The highest BCUT2D eigenvalue weighted by Crippen LogP contribution is 2.21. The standard InChI is InChI=1S/C11H14N4S/c1-8-4-5-10(9(2)6-8)7-16-11-12-13-14-15(11)3/h4-6H,7H2,1-3H3. The summed E-state index contributed by atoms with van der Waals surface area (Å²) in [5.41, 5.74) is 3.95. The average Bonchev–Trinajstić information content (AvgIpc) is 2.63. The second kappa shape index (κ2) is 4.65. The summed E-state index contributed by atoms with van der Waals surface area (Å²) in [6.07, 6.45) is 0. The number of hydrogen-bond acceptors (Lipinski definition) is 4. The van der Waals surface area contributed by atoms with Crippen LogP contribution in [0.15, 0.2) is 23.4 Å². The average molecular weight is 234 g/mol. The molecule has 0 unspecified atom stereocenters. The summed E-state index contributed by atoms with van der Waals surface area (Å²) in [7, 11) is 1.85. The Morgan fingerprint density at radius 1 is 1.31 bits per heavy atom. The molecule has 0 saturated heterocycles. The van der Waals surface area contributed by atoms with Gasteiger partial charge in [-0.05, 0) is 35.4 Å². The van der Waals surface area contributed by atoms with E-state index in [1.54, 1.807) is 16.4 Å². The lowest BCUT2D eigenvalue weighted by Gasteiger charge is -2.05. The normalized spacial score (nSPS) is 10.7. The number of rotatable bonds is 3. The van der Waals surface area contributed by atoms with E-state index in [-0.39, 0.29) is 0 Å². The Bertz CT molecular complexity index is 492. The molecule has 0 aliphatic rings. The van der Waals surface area contributed by atoms with Crippen LogP contribution in [0.4, 0.5) is 0 Å². The molecule has 0 aliphatic heterocycles. The highest BCUT2D eigenvalue weighted by molar-refractivity contribution is 7.98. The zero-order valence-corrected chi connectivity index (χ0v) is 10.5. The van der Waals surface area contributed by atoms with Crippen molar-refractivity contribution in [3.63, 3.8) is 0 Å². The van der Waals surface area contributed by atoms with Crippen molar-refractivity contribution in [1.29, 1.82) is 0 Å². The lowest BCUT2D eigenvalue weighted by molar-refractivity contribution is 0.664. The van der Waals surface area contributed by atoms with Gasteiger partial charge in [0.25, 0.3) is 0 Å². The van der Waals surface area contributed by atoms with E-state index in [4.69, 9.17) is 0 Å². The van der Waals surface area contributed by atoms with E-state index in [0.717, 1.165) is 10.9 Å². The Hall–Kier alpha value is -1.36. The van der Waals surface area contributed by atoms with Crippen molar-refractivity contribution in [2.75, 3.05) is 0 Å². The van der Waals surface area contributed by atoms with Crippen molar-refractivity contribution < 1.29 is 0 Å². The van der Waals surface area contributed by atoms with E-state index < -0.39 is 0 Å². The van der Waals surface area contributed by atoms with E-state index in [1.807, 2.05) is 7.05 Å². The predicted molar refractivity (Wildman–Crippen MR) is 64.3 cm³/mol. The molecule has 0 amide bonds. The number of thioether (sulfide) groups is 1. The lowest BCUT2D eigenvalue weighted by atomic mass is 10.1. The first kappa shape index (κ1) is 11.1. The van der Waals surface area contributed by atoms with Crippen molar-refractivity contribution in [2.45, 2.75) is 24.8 Å². The van der Waals surface area contributed by atoms with Crippen molar-refractivity contribution in [2.24, 2.45) is 7.05 Å². The highest BCUT2D eigenvalue weighted by Gasteiger charge is 2.05. The fourth-order valence-corrected chi connectivity index (χ4v) is 2.42. The quantitative estimate of drug-likeness (QED) is 0.763. The molecular formula is C11H14N4S. The summed E-state index contributed by atoms with van der Waals surface area (Å²) in [5.74, 6) is 0.903. The fraction of sp³-hybridized carbons (Fsp3) is 0.364. The second-order valence-corrected chi connectivity index (χ2v) is 4.75. The first-order valence-corrected chi connectivity index (χ1v) is 6.06. The maximum Gasteiger partial charge on any atom is 0.209 e. The van der Waals surface area contributed by atoms with Crippen molar-refractivity contribution in [3.05, 3.63) is 34.9 Å². The molecule has 16 heavy (non-hydrogen) atoms. The van der Waals surface area contributed by atoms with E-state index in [9.17, 15) is 0 Å². The van der Waals surface area contributed by atoms with Crippen LogP contribution in [0.1, 0.15) is 16.7 Å². The Morgan fingerprint density at radius 3 is 2.75 bits per heavy atom. The Kier molecular flexibility index (Phi) is 3.24. The van der Waals surface area contributed by atoms with Gasteiger partial charge in [-0.3, -0.25) is 0 Å². The van der Waals surface area contributed by atoms with E-state index in [2.05, 4.69) is 47.6 Å². The number of aromatic nitrogens is 4. The summed E-state index contributed by atoms with van der Waals surface area (Å²) in [6.45, 7) is 4.24. The summed E-state index contributed by atoms with van der Waals surface area (Å²) in [5, 5.41) is 12.2. The fourth-order valence-electron chi connectivity index (χ4n) is 1.49. The third-order valence-corrected chi connectivity index (χ3v) is 3.50. The van der Waals surface area contributed by atoms with Gasteiger partial charge in [-0.2, -0.15) is 0 Å². The van der Waals surface area contributed by atoms with Crippen LogP contribution in [-0.4, -0.2) is 20.2 Å². The van der Waals surface area contributed by atoms with Gasteiger partial charge in [0.2, 0.25) is 5.16 Å². The summed E-state index contributed by atoms with van der Waals surface area (Å²) in [6, 6.07) is 6.50. The summed E-state index contributed by atoms with van der Waals surface area (Å²) < 4.78 is 1.69. The minimum absolute atomic E-state index is 0.847. The minimum Gasteiger partial charge on any atom is -0.224 e. The van der Waals surface area contributed by atoms with Crippen molar-refractivity contribution in [1.82, 2.24) is 20.2 Å². The number of hydrogen-bond donors (Lipinski definition) is 0. The van der Waals surface area contributed by atoms with Gasteiger partial charge in [0.05, 0.1) is 0 Å². The van der Waals surface area contributed by atoms with Crippen molar-refractivity contribution in [3.8, 4) is 0 Å². The van der Waals surface area contributed by atoms with Crippen LogP contribution in [0.25, 0.3) is 0 Å². The molecule has 0 spiro atoms. The van der Waals surface area contributed by atoms with Gasteiger partial charge in [-0.15, -0.1) is 5.10 Å². The lowest BCUT2D eigenvalue weighted by Crippen LogP contribution is -1.94. The third kappa shape index (κ3) is 2.41. The largest absolute Gasteiger partial charge is 0.224 e. The van der Waals surface area contributed by atoms with Gasteiger partial charge in [-0.1, -0.05) is 35.5 Å². The zero-order valence-electron chi connectivity index (χ0n) is 9.64. The Labute approximate surface area is 99.1 Å². The Balaban J connectivity index is 2.08. The summed E-state index contributed by atoms with van der Waals surface area (Å²) >= 11 is 1.65. The molecule has 0 radical (unpaired) electrons. The second-order valence-electron chi connectivity index (χ2n) is 3.80. The van der Waals surface area contributed by atoms with Gasteiger partial charge in [-0.25, -0.2) is 4.68 Å². The third-order valence-electron chi connectivity index (χ3n) is 2.44. The summed E-state index contributed by atoms with van der Waals surface area (Å²) in [4.78, 5) is 0. The predicted octanol–water partition coefficient (Wildman–Crippen LogP) is 2.12. The molecule has 1 aromatic heterocycles. The van der Waals surface area contributed by atoms with Crippen LogP contribution in [-0.2, 0) is 12.8 Å². The monoisotopic (exact) mass is 234 g/mol. The number of nitrogens with zero attached hydrogens (tertiary/aromatic N) is 4. The van der Waals surface area contributed by atoms with Gasteiger partial charge in [0.15, 0.2) is 0 Å². The van der Waals surface area contributed by atoms with Crippen LogP contribution in [0.3, 0.4) is 0 Å². The molecule has 0 saturated carbocycles. The molecule has 0 bridgehead atoms. The van der Waals surface area contributed by atoms with Crippen LogP contribution in [0.2, 0.25) is 0 Å². The molecule has 5 heteroatoms. The molecule has 2 rings (SSSR count). The SMILES string of the molecule is Cc1ccc(CSc2nnnn2C)c(C)c1. The Morgan fingerprint density at radius 2 is 2.12 bits per heavy atom. The molecule has 1 aromatic carbocycles. The van der Waals surface area contributed by atoms with Gasteiger partial charge in [0, 0.05) is 12.8 Å². The van der Waals surface area contributed by atoms with Gasteiger partial charge in [0.1, 0.15) is 0 Å². The number of aryl methyl sites for hydroxylation is 3. The van der Waals surface area contributed by atoms with Crippen LogP contribution < -0.4 is 0 Å². The molecule has 2 aromatic rings. The van der Waals surface area contributed by atoms with Crippen LogP contribution >= 0.6 is 11.8 Å². The van der Waals surface area contributed by atoms with Crippen molar-refractivity contribution >= 4 is 11.8 Å². The zero-order chi connectivity index (χ0) is 11.5. The van der Waals surface area contributed by atoms with Crippen LogP contribution in [0.5, 0.6) is 0 Å². The molecule has 84 valence electrons. The molecule has 0 atom stereocenters. The molecule has 0 N–H and O–H groups in total. The molecule has 0 fully saturated rings. The van der Waals surface area contributed by atoms with Crippen LogP contribution in [0, 0.1) is 13.8 Å².